The van der Waals surface area contributed by atoms with Gasteiger partial charge in [0.15, 0.2) is 0 Å². The van der Waals surface area contributed by atoms with Crippen LogP contribution in [0.5, 0.6) is 0 Å². The van der Waals surface area contributed by atoms with Crippen LogP contribution in [0.4, 0.5) is 0 Å². The van der Waals surface area contributed by atoms with Crippen LogP contribution < -0.4 is 5.32 Å². The number of rotatable bonds is 7. The van der Waals surface area contributed by atoms with E-state index in [1.54, 1.807) is 11.3 Å². The van der Waals surface area contributed by atoms with Crippen LogP contribution in [0.1, 0.15) is 23.5 Å². The van der Waals surface area contributed by atoms with Crippen molar-refractivity contribution < 1.29 is 4.79 Å². The number of thiazole rings is 1. The van der Waals surface area contributed by atoms with Crippen LogP contribution in [0.2, 0.25) is 0 Å². The molecule has 18 heavy (non-hydrogen) atoms. The van der Waals surface area contributed by atoms with Crippen molar-refractivity contribution in [3.63, 3.8) is 0 Å². The average molecular weight is 288 g/mol. The summed E-state index contributed by atoms with van der Waals surface area (Å²) in [6.07, 6.45) is 3.14. The molecule has 0 atom stereocenters. The number of nitrogens with zero attached hydrogens (tertiary/aromatic N) is 2. The molecule has 0 unspecified atom stereocenters. The van der Waals surface area contributed by atoms with Crippen LogP contribution in [0.3, 0.4) is 0 Å². The summed E-state index contributed by atoms with van der Waals surface area (Å²) in [4.78, 5) is 18.0. The standard InChI is InChI=1S/C12H18ClN3OS/c1-16(7-11(17)14-9-2-3-9)5-4-12-15-10(6-13)8-18-12/h8-9H,2-7H2,1H3,(H,14,17). The zero-order chi connectivity index (χ0) is 13.0. The van der Waals surface area contributed by atoms with E-state index in [0.717, 1.165) is 36.5 Å². The predicted octanol–water partition coefficient (Wildman–Crippen LogP) is 1.63. The number of hydrogen-bond donors (Lipinski definition) is 1. The van der Waals surface area contributed by atoms with Crippen molar-refractivity contribution >= 4 is 28.8 Å². The highest BCUT2D eigenvalue weighted by molar-refractivity contribution is 7.09. The third-order valence-corrected chi connectivity index (χ3v) is 4.03. The molecule has 0 spiro atoms. The Labute approximate surface area is 116 Å². The Hall–Kier alpha value is -0.650. The Morgan fingerprint density at radius 1 is 1.67 bits per heavy atom. The van der Waals surface area contributed by atoms with E-state index in [0.29, 0.717) is 18.5 Å². The Morgan fingerprint density at radius 3 is 3.06 bits per heavy atom. The molecule has 100 valence electrons. The second kappa shape index (κ2) is 6.50. The summed E-state index contributed by atoms with van der Waals surface area (Å²) in [5, 5.41) is 6.06. The molecule has 1 fully saturated rings. The van der Waals surface area contributed by atoms with Crippen LogP contribution >= 0.6 is 22.9 Å². The maximum Gasteiger partial charge on any atom is 0.234 e. The van der Waals surface area contributed by atoms with Crippen molar-refractivity contribution in [2.45, 2.75) is 31.2 Å². The smallest absolute Gasteiger partial charge is 0.234 e. The molecular weight excluding hydrogens is 270 g/mol. The minimum atomic E-state index is 0.126. The molecule has 0 aromatic carbocycles. The van der Waals surface area contributed by atoms with E-state index in [-0.39, 0.29) is 5.91 Å². The lowest BCUT2D eigenvalue weighted by molar-refractivity contribution is -0.122. The van der Waals surface area contributed by atoms with Crippen LogP contribution in [-0.2, 0) is 17.1 Å². The fourth-order valence-corrected chi connectivity index (χ4v) is 2.65. The van der Waals surface area contributed by atoms with Gasteiger partial charge >= 0.3 is 0 Å². The summed E-state index contributed by atoms with van der Waals surface area (Å²) in [6, 6.07) is 0.441. The summed E-state index contributed by atoms with van der Waals surface area (Å²) in [5.74, 6) is 0.594. The number of carbonyl (C=O) groups is 1. The first-order valence-corrected chi connectivity index (χ1v) is 7.56. The highest BCUT2D eigenvalue weighted by Crippen LogP contribution is 2.18. The fourth-order valence-electron chi connectivity index (χ4n) is 1.64. The van der Waals surface area contributed by atoms with Crippen molar-refractivity contribution in [1.29, 1.82) is 0 Å². The normalized spacial score (nSPS) is 15.1. The van der Waals surface area contributed by atoms with Crippen LogP contribution in [0, 0.1) is 0 Å². The third-order valence-electron chi connectivity index (χ3n) is 2.80. The summed E-state index contributed by atoms with van der Waals surface area (Å²) in [5.41, 5.74) is 0.936. The molecule has 1 N–H and O–H groups in total. The quantitative estimate of drug-likeness (QED) is 0.776. The number of halogens is 1. The number of amides is 1. The first kappa shape index (κ1) is 13.8. The molecule has 0 aliphatic heterocycles. The maximum absolute atomic E-state index is 11.6. The molecule has 2 rings (SSSR count). The van der Waals surface area contributed by atoms with Gasteiger partial charge in [-0.25, -0.2) is 4.98 Å². The second-order valence-corrected chi connectivity index (χ2v) is 5.91. The maximum atomic E-state index is 11.6. The lowest BCUT2D eigenvalue weighted by Gasteiger charge is -2.15. The van der Waals surface area contributed by atoms with E-state index in [9.17, 15) is 4.79 Å². The number of hydrogen-bond acceptors (Lipinski definition) is 4. The van der Waals surface area contributed by atoms with Gasteiger partial charge in [0.05, 0.1) is 23.1 Å². The summed E-state index contributed by atoms with van der Waals surface area (Å²) in [7, 11) is 1.96. The molecule has 0 bridgehead atoms. The zero-order valence-electron chi connectivity index (χ0n) is 10.5. The van der Waals surface area contributed by atoms with Gasteiger partial charge < -0.3 is 5.32 Å². The Bertz CT molecular complexity index is 406. The molecule has 1 amide bonds. The topological polar surface area (TPSA) is 45.2 Å². The molecule has 4 nitrogen and oxygen atoms in total. The molecule has 1 saturated carbocycles. The van der Waals surface area contributed by atoms with Gasteiger partial charge in [-0.2, -0.15) is 0 Å². The van der Waals surface area contributed by atoms with Gasteiger partial charge in [-0.15, -0.1) is 22.9 Å². The Kier molecular flexibility index (Phi) is 4.97. The first-order chi connectivity index (χ1) is 8.67. The molecule has 6 heteroatoms. The Balaban J connectivity index is 1.66. The van der Waals surface area contributed by atoms with E-state index in [1.165, 1.54) is 0 Å². The predicted molar refractivity (Wildman–Crippen MR) is 74.0 cm³/mol. The molecule has 0 radical (unpaired) electrons. The lowest BCUT2D eigenvalue weighted by Crippen LogP contribution is -2.37. The minimum absolute atomic E-state index is 0.126. The van der Waals surface area contributed by atoms with Gasteiger partial charge in [0.1, 0.15) is 0 Å². The van der Waals surface area contributed by atoms with Crippen molar-refractivity contribution in [3.8, 4) is 0 Å². The van der Waals surface area contributed by atoms with Gasteiger partial charge in [0.25, 0.3) is 0 Å². The summed E-state index contributed by atoms with van der Waals surface area (Å²) >= 11 is 7.34. The van der Waals surface area contributed by atoms with Gasteiger partial charge in [0, 0.05) is 24.4 Å². The van der Waals surface area contributed by atoms with Crippen molar-refractivity contribution in [2.24, 2.45) is 0 Å². The van der Waals surface area contributed by atoms with E-state index in [2.05, 4.69) is 10.3 Å². The number of aromatic nitrogens is 1. The van der Waals surface area contributed by atoms with Crippen molar-refractivity contribution in [1.82, 2.24) is 15.2 Å². The van der Waals surface area contributed by atoms with Gasteiger partial charge in [-0.1, -0.05) is 0 Å². The van der Waals surface area contributed by atoms with Crippen LogP contribution in [-0.4, -0.2) is 42.0 Å². The molecule has 1 aliphatic carbocycles. The monoisotopic (exact) mass is 287 g/mol. The zero-order valence-corrected chi connectivity index (χ0v) is 12.1. The second-order valence-electron chi connectivity index (χ2n) is 4.70. The molecule has 1 aromatic rings. The summed E-state index contributed by atoms with van der Waals surface area (Å²) in [6.45, 7) is 1.30. The van der Waals surface area contributed by atoms with Gasteiger partial charge in [0.2, 0.25) is 5.91 Å². The molecule has 0 saturated heterocycles. The number of nitrogens with one attached hydrogen (secondary N) is 1. The van der Waals surface area contributed by atoms with Crippen molar-refractivity contribution in [3.05, 3.63) is 16.1 Å². The minimum Gasteiger partial charge on any atom is -0.352 e. The van der Waals surface area contributed by atoms with E-state index in [4.69, 9.17) is 11.6 Å². The molecule has 1 aliphatic rings. The van der Waals surface area contributed by atoms with Gasteiger partial charge in [-0.3, -0.25) is 9.69 Å². The molecular formula is C12H18ClN3OS. The first-order valence-electron chi connectivity index (χ1n) is 6.14. The SMILES string of the molecule is CN(CCc1nc(CCl)cs1)CC(=O)NC1CC1. The number of carbonyl (C=O) groups excluding carboxylic acids is 1. The fraction of sp³-hybridized carbons (Fsp3) is 0.667. The summed E-state index contributed by atoms with van der Waals surface area (Å²) < 4.78 is 0. The van der Waals surface area contributed by atoms with E-state index < -0.39 is 0 Å². The number of likely N-dealkylation sites (N-methyl/N-ethyl adjacent to an activating group) is 1. The van der Waals surface area contributed by atoms with Crippen molar-refractivity contribution in [2.75, 3.05) is 20.1 Å². The van der Waals surface area contributed by atoms with Crippen LogP contribution in [0.25, 0.3) is 0 Å². The van der Waals surface area contributed by atoms with E-state index >= 15 is 0 Å². The molecule has 1 aromatic heterocycles. The molecule has 1 heterocycles. The average Bonchev–Trinajstić information content (AvgIpc) is 3.02. The lowest BCUT2D eigenvalue weighted by atomic mass is 10.4. The highest BCUT2D eigenvalue weighted by Gasteiger charge is 2.23. The van der Waals surface area contributed by atoms with E-state index in [1.807, 2.05) is 17.3 Å². The number of alkyl halides is 1. The van der Waals surface area contributed by atoms with Crippen LogP contribution in [0.15, 0.2) is 5.38 Å². The Morgan fingerprint density at radius 2 is 2.44 bits per heavy atom. The van der Waals surface area contributed by atoms with Gasteiger partial charge in [-0.05, 0) is 19.9 Å². The highest BCUT2D eigenvalue weighted by atomic mass is 35.5. The third kappa shape index (κ3) is 4.55. The largest absolute Gasteiger partial charge is 0.352 e.